The van der Waals surface area contributed by atoms with Crippen LogP contribution >= 0.6 is 46.1 Å². The first-order valence-electron chi connectivity index (χ1n) is 12.5. The molecule has 2 aliphatic heterocycles. The number of halogens is 6. The van der Waals surface area contributed by atoms with E-state index in [9.17, 15) is 18.0 Å². The molecule has 6 nitrogen and oxygen atoms in total. The van der Waals surface area contributed by atoms with E-state index in [1.54, 1.807) is 18.3 Å². The minimum absolute atomic E-state index is 0.148. The van der Waals surface area contributed by atoms with Crippen molar-refractivity contribution >= 4 is 63.9 Å². The number of thiazole rings is 1. The number of carbonyl (C=O) groups is 1. The second-order valence-corrected chi connectivity index (χ2v) is 12.4. The molecule has 1 aromatic heterocycles. The zero-order valence-corrected chi connectivity index (χ0v) is 24.1. The lowest BCUT2D eigenvalue weighted by atomic mass is 9.74. The molecule has 1 atom stereocenters. The molecule has 3 heterocycles. The monoisotopic (exact) mass is 631 g/mol. The third kappa shape index (κ3) is 5.98. The second kappa shape index (κ2) is 11.5. The van der Waals surface area contributed by atoms with E-state index < -0.39 is 17.8 Å². The Labute approximate surface area is 248 Å². The number of urea groups is 1. The van der Waals surface area contributed by atoms with Gasteiger partial charge in [0, 0.05) is 16.1 Å². The Bertz CT molecular complexity index is 1430. The molecule has 40 heavy (non-hydrogen) atoms. The van der Waals surface area contributed by atoms with Gasteiger partial charge in [-0.3, -0.25) is 0 Å². The van der Waals surface area contributed by atoms with Crippen molar-refractivity contribution in [3.8, 4) is 5.75 Å². The van der Waals surface area contributed by atoms with Crippen LogP contribution in [-0.2, 0) is 12.0 Å². The van der Waals surface area contributed by atoms with E-state index in [1.165, 1.54) is 23.5 Å². The number of rotatable bonds is 6. The first-order valence-corrected chi connectivity index (χ1v) is 14.4. The van der Waals surface area contributed by atoms with Crippen LogP contribution in [0.1, 0.15) is 28.8 Å². The van der Waals surface area contributed by atoms with Crippen LogP contribution in [0, 0.1) is 0 Å². The lowest BCUT2D eigenvalue weighted by Crippen LogP contribution is -2.60. The van der Waals surface area contributed by atoms with Crippen LogP contribution in [0.15, 0.2) is 48.7 Å². The minimum Gasteiger partial charge on any atom is -0.405 e. The zero-order valence-electron chi connectivity index (χ0n) is 21.0. The first kappa shape index (κ1) is 29.2. The maximum atomic E-state index is 14.2. The van der Waals surface area contributed by atoms with Gasteiger partial charge < -0.3 is 15.4 Å². The molecule has 0 radical (unpaired) electrons. The highest BCUT2D eigenvalue weighted by Crippen LogP contribution is 2.57. The van der Waals surface area contributed by atoms with Gasteiger partial charge in [-0.05, 0) is 61.8 Å². The van der Waals surface area contributed by atoms with Crippen molar-refractivity contribution in [1.82, 2.24) is 20.1 Å². The standard InChI is InChI=1S/C27H24Cl3F3N4O2S/c28-18-5-3-17(4-6-18)2-1-13-37(25(38)36-15-19-14-35-24(30)40-19)16-26(9-11-34-12-10-26)22-21(39-27(31,32)33)8-7-20(29)23(22)37/h1-8,14,34H,9-13,15-16H2/p+1/b2-1+. The molecule has 2 aromatic carbocycles. The SMILES string of the molecule is O=C(NCc1cnc(Cl)s1)[N+]1(C/C=C/c2ccc(Cl)cc2)CC2(CCNCC2)c2c(OC(F)(F)F)ccc(Cl)c21. The first-order chi connectivity index (χ1) is 19.0. The Balaban J connectivity index is 1.61. The summed E-state index contributed by atoms with van der Waals surface area (Å²) in [5.74, 6) is -0.322. The highest BCUT2D eigenvalue weighted by atomic mass is 35.5. The Morgan fingerprint density at radius 2 is 1.88 bits per heavy atom. The fraction of sp³-hybridized carbons (Fsp3) is 0.333. The fourth-order valence-corrected chi connectivity index (χ4v) is 7.07. The third-order valence-corrected chi connectivity index (χ3v) is 9.00. The van der Waals surface area contributed by atoms with Crippen LogP contribution < -0.4 is 19.9 Å². The summed E-state index contributed by atoms with van der Waals surface area (Å²) in [6.45, 7) is 1.69. The molecule has 0 aliphatic carbocycles. The molecular weight excluding hydrogens is 608 g/mol. The van der Waals surface area contributed by atoms with Crippen molar-refractivity contribution in [2.75, 3.05) is 26.2 Å². The number of alkyl halides is 3. The Hall–Kier alpha value is -2.34. The van der Waals surface area contributed by atoms with Gasteiger partial charge in [0.15, 0.2) is 10.2 Å². The van der Waals surface area contributed by atoms with E-state index in [-0.39, 0.29) is 34.9 Å². The molecule has 13 heteroatoms. The molecule has 1 unspecified atom stereocenters. The molecule has 0 bridgehead atoms. The Morgan fingerprint density at radius 3 is 2.52 bits per heavy atom. The lowest BCUT2D eigenvalue weighted by molar-refractivity contribution is -0.275. The number of nitrogens with one attached hydrogen (secondary N) is 2. The summed E-state index contributed by atoms with van der Waals surface area (Å²) in [6.07, 6.45) is 1.40. The quantitative estimate of drug-likeness (QED) is 0.275. The normalized spacial score (nSPS) is 20.1. The van der Waals surface area contributed by atoms with E-state index in [1.807, 2.05) is 24.3 Å². The molecule has 2 amide bonds. The largest absolute Gasteiger partial charge is 0.573 e. The van der Waals surface area contributed by atoms with Gasteiger partial charge in [0.25, 0.3) is 0 Å². The van der Waals surface area contributed by atoms with Gasteiger partial charge in [-0.2, -0.15) is 0 Å². The average Bonchev–Trinajstić information content (AvgIpc) is 3.45. The van der Waals surface area contributed by atoms with Gasteiger partial charge in [-0.15, -0.1) is 24.5 Å². The summed E-state index contributed by atoms with van der Waals surface area (Å²) in [7, 11) is 0. The van der Waals surface area contributed by atoms with Crippen LogP contribution in [0.4, 0.5) is 23.7 Å². The molecule has 5 rings (SSSR count). The zero-order chi connectivity index (χ0) is 28.5. The number of benzene rings is 2. The molecule has 1 fully saturated rings. The van der Waals surface area contributed by atoms with E-state index in [2.05, 4.69) is 20.4 Å². The topological polar surface area (TPSA) is 63.2 Å². The smallest absolute Gasteiger partial charge is 0.405 e. The van der Waals surface area contributed by atoms with E-state index in [4.69, 9.17) is 34.8 Å². The highest BCUT2D eigenvalue weighted by molar-refractivity contribution is 7.15. The summed E-state index contributed by atoms with van der Waals surface area (Å²) in [5.41, 5.74) is 0.768. The summed E-state index contributed by atoms with van der Waals surface area (Å²) in [4.78, 5) is 19.0. The molecule has 1 spiro atoms. The predicted octanol–water partition coefficient (Wildman–Crippen LogP) is 7.57. The molecule has 2 aliphatic rings. The van der Waals surface area contributed by atoms with Crippen LogP contribution in [0.5, 0.6) is 5.75 Å². The van der Waals surface area contributed by atoms with Crippen molar-refractivity contribution < 1.29 is 22.7 Å². The fourth-order valence-electron chi connectivity index (χ4n) is 5.71. The number of nitrogens with zero attached hydrogens (tertiary/aromatic N) is 2. The Kier molecular flexibility index (Phi) is 8.39. The van der Waals surface area contributed by atoms with Crippen LogP contribution in [0.3, 0.4) is 0 Å². The average molecular weight is 633 g/mol. The van der Waals surface area contributed by atoms with Crippen LogP contribution in [0.25, 0.3) is 6.08 Å². The minimum atomic E-state index is -4.91. The lowest BCUT2D eigenvalue weighted by Gasteiger charge is -2.36. The Morgan fingerprint density at radius 1 is 1.15 bits per heavy atom. The molecule has 1 saturated heterocycles. The molecule has 212 valence electrons. The number of quaternary nitrogens is 1. The van der Waals surface area contributed by atoms with Crippen molar-refractivity contribution in [3.05, 3.63) is 79.2 Å². The van der Waals surface area contributed by atoms with Crippen molar-refractivity contribution in [1.29, 1.82) is 0 Å². The van der Waals surface area contributed by atoms with Crippen LogP contribution in [-0.4, -0.2) is 43.6 Å². The maximum absolute atomic E-state index is 14.2. The predicted molar refractivity (Wildman–Crippen MR) is 153 cm³/mol. The molecule has 0 saturated carbocycles. The van der Waals surface area contributed by atoms with Gasteiger partial charge in [-0.1, -0.05) is 53.0 Å². The van der Waals surface area contributed by atoms with Gasteiger partial charge in [0.1, 0.15) is 23.9 Å². The van der Waals surface area contributed by atoms with Gasteiger partial charge >= 0.3 is 12.4 Å². The number of ether oxygens (including phenoxy) is 1. The number of hydrogen-bond donors (Lipinski definition) is 2. The molecule has 2 N–H and O–H groups in total. The summed E-state index contributed by atoms with van der Waals surface area (Å²) >= 11 is 20.0. The number of amides is 2. The molecular formula is C27H25Cl3F3N4O2S+. The second-order valence-electron chi connectivity index (χ2n) is 9.85. The van der Waals surface area contributed by atoms with Crippen molar-refractivity contribution in [2.24, 2.45) is 0 Å². The van der Waals surface area contributed by atoms with Gasteiger partial charge in [-0.25, -0.2) is 14.3 Å². The highest BCUT2D eigenvalue weighted by Gasteiger charge is 2.60. The summed E-state index contributed by atoms with van der Waals surface area (Å²) in [5, 5.41) is 7.04. The number of hydrogen-bond acceptors (Lipinski definition) is 5. The third-order valence-electron chi connectivity index (χ3n) is 7.33. The summed E-state index contributed by atoms with van der Waals surface area (Å²) in [6, 6.07) is 9.41. The van der Waals surface area contributed by atoms with E-state index >= 15 is 0 Å². The number of piperidine rings is 1. The van der Waals surface area contributed by atoms with E-state index in [0.29, 0.717) is 46.7 Å². The van der Waals surface area contributed by atoms with Crippen molar-refractivity contribution in [2.45, 2.75) is 31.2 Å². The van der Waals surface area contributed by atoms with Crippen molar-refractivity contribution in [3.63, 3.8) is 0 Å². The maximum Gasteiger partial charge on any atom is 0.573 e. The van der Waals surface area contributed by atoms with Crippen LogP contribution in [0.2, 0.25) is 14.5 Å². The van der Waals surface area contributed by atoms with Gasteiger partial charge in [0.2, 0.25) is 0 Å². The summed E-state index contributed by atoms with van der Waals surface area (Å²) < 4.78 is 45.2. The number of aromatic nitrogens is 1. The number of fused-ring (bicyclic) bond motifs is 2. The van der Waals surface area contributed by atoms with Gasteiger partial charge in [0.05, 0.1) is 17.5 Å². The van der Waals surface area contributed by atoms with E-state index in [0.717, 1.165) is 10.4 Å². The molecule has 3 aromatic rings. The number of carbonyl (C=O) groups excluding carboxylic acids is 1.